The van der Waals surface area contributed by atoms with E-state index < -0.39 is 6.04 Å². The number of nitrogens with one attached hydrogen (secondary N) is 1. The Bertz CT molecular complexity index is 872. The van der Waals surface area contributed by atoms with E-state index in [1.807, 2.05) is 51.1 Å². The van der Waals surface area contributed by atoms with Crippen LogP contribution in [0.2, 0.25) is 10.0 Å². The molecule has 0 aliphatic heterocycles. The van der Waals surface area contributed by atoms with Crippen LogP contribution in [-0.4, -0.2) is 34.6 Å². The highest BCUT2D eigenvalue weighted by molar-refractivity contribution is 7.99. The molecule has 0 bridgehead atoms. The first-order valence-electron chi connectivity index (χ1n) is 9.84. The minimum Gasteiger partial charge on any atom is -0.352 e. The van der Waals surface area contributed by atoms with Gasteiger partial charge >= 0.3 is 0 Å². The predicted molar refractivity (Wildman–Crippen MR) is 127 cm³/mol. The monoisotopic (exact) mass is 466 g/mol. The van der Waals surface area contributed by atoms with Crippen LogP contribution in [0.4, 0.5) is 0 Å². The van der Waals surface area contributed by atoms with Crippen molar-refractivity contribution in [1.29, 1.82) is 0 Å². The van der Waals surface area contributed by atoms with Gasteiger partial charge in [0.2, 0.25) is 11.8 Å². The van der Waals surface area contributed by atoms with Crippen molar-refractivity contribution in [2.24, 2.45) is 0 Å². The number of carbonyl (C=O) groups is 2. The van der Waals surface area contributed by atoms with E-state index in [0.29, 0.717) is 22.3 Å². The smallest absolute Gasteiger partial charge is 0.242 e. The van der Waals surface area contributed by atoms with Crippen LogP contribution in [0.5, 0.6) is 0 Å². The average molecular weight is 467 g/mol. The third-order valence-electron chi connectivity index (χ3n) is 4.57. The molecule has 1 atom stereocenters. The Labute approximate surface area is 193 Å². The normalized spacial score (nSPS) is 12.0. The molecule has 2 amide bonds. The van der Waals surface area contributed by atoms with Gasteiger partial charge in [0.15, 0.2) is 0 Å². The van der Waals surface area contributed by atoms with Crippen molar-refractivity contribution in [2.45, 2.75) is 52.1 Å². The number of amides is 2. The zero-order valence-electron chi connectivity index (χ0n) is 17.7. The number of rotatable bonds is 9. The molecule has 0 saturated carbocycles. The lowest BCUT2D eigenvalue weighted by molar-refractivity contribution is -0.138. The number of hydrogen-bond acceptors (Lipinski definition) is 3. The zero-order valence-corrected chi connectivity index (χ0v) is 20.1. The highest BCUT2D eigenvalue weighted by Gasteiger charge is 2.26. The molecule has 4 nitrogen and oxygen atoms in total. The molecule has 2 aromatic rings. The lowest BCUT2D eigenvalue weighted by atomic mass is 10.1. The molecule has 30 heavy (non-hydrogen) atoms. The van der Waals surface area contributed by atoms with Crippen LogP contribution in [-0.2, 0) is 21.9 Å². The van der Waals surface area contributed by atoms with Gasteiger partial charge in [-0.05, 0) is 51.0 Å². The summed E-state index contributed by atoms with van der Waals surface area (Å²) in [5.74, 6) is 0.602. The van der Waals surface area contributed by atoms with Crippen LogP contribution < -0.4 is 5.32 Å². The van der Waals surface area contributed by atoms with Crippen LogP contribution in [0.15, 0.2) is 42.5 Å². The second kappa shape index (κ2) is 11.6. The summed E-state index contributed by atoms with van der Waals surface area (Å²) in [5.41, 5.74) is 3.07. The molecule has 0 aromatic heterocycles. The molecule has 0 saturated heterocycles. The first-order valence-corrected chi connectivity index (χ1v) is 11.8. The number of benzene rings is 2. The van der Waals surface area contributed by atoms with E-state index >= 15 is 0 Å². The highest BCUT2D eigenvalue weighted by atomic mass is 35.5. The van der Waals surface area contributed by atoms with Gasteiger partial charge < -0.3 is 10.2 Å². The van der Waals surface area contributed by atoms with Crippen molar-refractivity contribution < 1.29 is 9.59 Å². The topological polar surface area (TPSA) is 49.4 Å². The van der Waals surface area contributed by atoms with Gasteiger partial charge in [0, 0.05) is 28.4 Å². The lowest BCUT2D eigenvalue weighted by Gasteiger charge is -2.29. The van der Waals surface area contributed by atoms with Gasteiger partial charge in [-0.2, -0.15) is 0 Å². The SMILES string of the molecule is Cc1ccc(CN(C(=O)CSCc2ccc(Cl)cc2Cl)[C@@H](C)C(=O)NC(C)C)cc1. The summed E-state index contributed by atoms with van der Waals surface area (Å²) < 4.78 is 0. The zero-order chi connectivity index (χ0) is 22.3. The maximum atomic E-state index is 13.0. The van der Waals surface area contributed by atoms with Gasteiger partial charge in [-0.25, -0.2) is 0 Å². The van der Waals surface area contributed by atoms with Crippen LogP contribution in [0.25, 0.3) is 0 Å². The molecule has 1 N–H and O–H groups in total. The Kier molecular flexibility index (Phi) is 9.53. The first kappa shape index (κ1) is 24.6. The summed E-state index contributed by atoms with van der Waals surface area (Å²) >= 11 is 13.6. The molecule has 0 spiro atoms. The molecule has 0 heterocycles. The Balaban J connectivity index is 2.08. The van der Waals surface area contributed by atoms with Gasteiger partial charge in [0.05, 0.1) is 5.75 Å². The number of halogens is 2. The van der Waals surface area contributed by atoms with E-state index in [2.05, 4.69) is 5.32 Å². The fraction of sp³-hybridized carbons (Fsp3) is 0.391. The van der Waals surface area contributed by atoms with Crippen molar-refractivity contribution in [2.75, 3.05) is 5.75 Å². The van der Waals surface area contributed by atoms with E-state index in [9.17, 15) is 9.59 Å². The molecule has 0 aliphatic rings. The third kappa shape index (κ3) is 7.53. The van der Waals surface area contributed by atoms with Crippen LogP contribution in [0.3, 0.4) is 0 Å². The molecule has 2 rings (SSSR count). The number of nitrogens with zero attached hydrogens (tertiary/aromatic N) is 1. The third-order valence-corrected chi connectivity index (χ3v) is 6.12. The predicted octanol–water partition coefficient (Wildman–Crippen LogP) is 5.48. The lowest BCUT2D eigenvalue weighted by Crippen LogP contribution is -2.49. The van der Waals surface area contributed by atoms with Gasteiger partial charge in [0.1, 0.15) is 6.04 Å². The van der Waals surface area contributed by atoms with Crippen molar-refractivity contribution in [3.8, 4) is 0 Å². The number of hydrogen-bond donors (Lipinski definition) is 1. The Morgan fingerprint density at radius 1 is 1.07 bits per heavy atom. The summed E-state index contributed by atoms with van der Waals surface area (Å²) in [7, 11) is 0. The fourth-order valence-corrected chi connectivity index (χ4v) is 4.32. The minimum absolute atomic E-state index is 0.0118. The molecule has 0 radical (unpaired) electrons. The van der Waals surface area contributed by atoms with E-state index in [0.717, 1.165) is 16.7 Å². The minimum atomic E-state index is -0.569. The van der Waals surface area contributed by atoms with E-state index in [1.54, 1.807) is 24.0 Å². The molecule has 0 aliphatic carbocycles. The van der Waals surface area contributed by atoms with Crippen molar-refractivity contribution >= 4 is 46.8 Å². The number of thioether (sulfide) groups is 1. The molecular weight excluding hydrogens is 439 g/mol. The van der Waals surface area contributed by atoms with E-state index in [1.165, 1.54) is 11.8 Å². The second-order valence-electron chi connectivity index (χ2n) is 7.58. The number of carbonyl (C=O) groups excluding carboxylic acids is 2. The number of aryl methyl sites for hydroxylation is 1. The Morgan fingerprint density at radius 3 is 2.33 bits per heavy atom. The molecular formula is C23H28Cl2N2O2S. The second-order valence-corrected chi connectivity index (χ2v) is 9.40. The largest absolute Gasteiger partial charge is 0.352 e. The summed E-state index contributed by atoms with van der Waals surface area (Å²) in [4.78, 5) is 27.3. The standard InChI is InChI=1S/C23H28Cl2N2O2S/c1-15(2)26-23(29)17(4)27(12-18-7-5-16(3)6-8-18)22(28)14-30-13-19-9-10-20(24)11-21(19)25/h5-11,15,17H,12-14H2,1-4H3,(H,26,29)/t17-/m0/s1. The van der Waals surface area contributed by atoms with E-state index in [4.69, 9.17) is 23.2 Å². The van der Waals surface area contributed by atoms with Gasteiger partial charge in [-0.15, -0.1) is 11.8 Å². The molecule has 2 aromatic carbocycles. The summed E-state index contributed by atoms with van der Waals surface area (Å²) in [5, 5.41) is 4.07. The summed E-state index contributed by atoms with van der Waals surface area (Å²) in [6, 6.07) is 12.8. The molecule has 7 heteroatoms. The van der Waals surface area contributed by atoms with Gasteiger partial charge in [-0.1, -0.05) is 59.1 Å². The van der Waals surface area contributed by atoms with E-state index in [-0.39, 0.29) is 23.6 Å². The van der Waals surface area contributed by atoms with Crippen LogP contribution in [0, 0.1) is 6.92 Å². The summed E-state index contributed by atoms with van der Waals surface area (Å²) in [6.45, 7) is 7.98. The average Bonchev–Trinajstić information content (AvgIpc) is 2.68. The van der Waals surface area contributed by atoms with Gasteiger partial charge in [-0.3, -0.25) is 9.59 Å². The maximum Gasteiger partial charge on any atom is 0.242 e. The fourth-order valence-electron chi connectivity index (χ4n) is 2.85. The van der Waals surface area contributed by atoms with Crippen LogP contribution in [0.1, 0.15) is 37.5 Å². The maximum absolute atomic E-state index is 13.0. The Hall–Kier alpha value is -1.69. The van der Waals surface area contributed by atoms with Crippen molar-refractivity contribution in [3.63, 3.8) is 0 Å². The van der Waals surface area contributed by atoms with Crippen molar-refractivity contribution in [3.05, 3.63) is 69.2 Å². The quantitative estimate of drug-likeness (QED) is 0.532. The first-order chi connectivity index (χ1) is 14.2. The summed E-state index contributed by atoms with van der Waals surface area (Å²) in [6.07, 6.45) is 0. The molecule has 0 fully saturated rings. The van der Waals surface area contributed by atoms with Crippen LogP contribution >= 0.6 is 35.0 Å². The molecule has 162 valence electrons. The van der Waals surface area contributed by atoms with Gasteiger partial charge in [0.25, 0.3) is 0 Å². The molecule has 0 unspecified atom stereocenters. The van der Waals surface area contributed by atoms with Crippen molar-refractivity contribution in [1.82, 2.24) is 10.2 Å². The highest BCUT2D eigenvalue weighted by Crippen LogP contribution is 2.25. The Morgan fingerprint density at radius 2 is 1.73 bits per heavy atom.